The molecule has 0 saturated heterocycles. The maximum absolute atomic E-state index is 13.5. The smallest absolute Gasteiger partial charge is 0.255 e. The number of nitrogens with zero attached hydrogens (tertiary/aromatic N) is 1. The van der Waals surface area contributed by atoms with Crippen LogP contribution in [-0.2, 0) is 11.3 Å². The zero-order valence-corrected chi connectivity index (χ0v) is 14.7. The fourth-order valence-corrected chi connectivity index (χ4v) is 3.38. The van der Waals surface area contributed by atoms with Crippen molar-refractivity contribution in [2.24, 2.45) is 0 Å². The van der Waals surface area contributed by atoms with Gasteiger partial charge in [0.2, 0.25) is 0 Å². The molecule has 28 heavy (non-hydrogen) atoms. The molecule has 140 valence electrons. The van der Waals surface area contributed by atoms with Gasteiger partial charge in [-0.1, -0.05) is 48.5 Å². The third-order valence-electron chi connectivity index (χ3n) is 4.71. The lowest BCUT2D eigenvalue weighted by atomic mass is 10.0. The summed E-state index contributed by atoms with van der Waals surface area (Å²) in [5.74, 6) is -2.80. The van der Waals surface area contributed by atoms with Crippen LogP contribution in [0.3, 0.4) is 0 Å². The van der Waals surface area contributed by atoms with Crippen molar-refractivity contribution < 1.29 is 18.4 Å². The number of rotatable bonds is 4. The summed E-state index contributed by atoms with van der Waals surface area (Å²) in [6.07, 6.45) is 0. The lowest BCUT2D eigenvalue weighted by molar-refractivity contribution is -0.120. The number of hydrogen-bond acceptors (Lipinski definition) is 2. The zero-order chi connectivity index (χ0) is 19.7. The van der Waals surface area contributed by atoms with Gasteiger partial charge < -0.3 is 10.2 Å². The minimum atomic E-state index is -1.06. The summed E-state index contributed by atoms with van der Waals surface area (Å²) in [7, 11) is 0. The molecular formula is C22H16F2N2O2. The molecule has 6 heteroatoms. The van der Waals surface area contributed by atoms with E-state index in [4.69, 9.17) is 0 Å². The predicted octanol–water partition coefficient (Wildman–Crippen LogP) is 4.30. The largest absolute Gasteiger partial charge is 0.324 e. The number of halogens is 2. The maximum atomic E-state index is 13.5. The summed E-state index contributed by atoms with van der Waals surface area (Å²) in [6.45, 7) is 0.291. The Morgan fingerprint density at radius 3 is 2.36 bits per heavy atom. The SMILES string of the molecule is O=C(Nc1ccc(F)c(F)c1)[C@H](c1ccccc1)N1Cc2ccccc2C1=O. The molecule has 1 heterocycles. The highest BCUT2D eigenvalue weighted by molar-refractivity contribution is 6.03. The minimum Gasteiger partial charge on any atom is -0.324 e. The molecule has 1 aliphatic rings. The Morgan fingerprint density at radius 2 is 1.64 bits per heavy atom. The number of carbonyl (C=O) groups excluding carboxylic acids is 2. The van der Waals surface area contributed by atoms with E-state index < -0.39 is 23.6 Å². The summed E-state index contributed by atoms with van der Waals surface area (Å²) in [5, 5.41) is 2.59. The lowest BCUT2D eigenvalue weighted by Gasteiger charge is -2.27. The van der Waals surface area contributed by atoms with Crippen LogP contribution in [0.25, 0.3) is 0 Å². The van der Waals surface area contributed by atoms with Crippen LogP contribution in [0.15, 0.2) is 72.8 Å². The Bertz CT molecular complexity index is 1050. The Hall–Kier alpha value is -3.54. The van der Waals surface area contributed by atoms with E-state index in [0.717, 1.165) is 17.7 Å². The van der Waals surface area contributed by atoms with Crippen molar-refractivity contribution in [3.05, 3.63) is 101 Å². The zero-order valence-electron chi connectivity index (χ0n) is 14.7. The molecule has 3 aromatic rings. The number of carbonyl (C=O) groups is 2. The summed E-state index contributed by atoms with van der Waals surface area (Å²) in [6, 6.07) is 18.3. The highest BCUT2D eigenvalue weighted by Gasteiger charge is 2.37. The number of hydrogen-bond donors (Lipinski definition) is 1. The molecule has 0 spiro atoms. The standard InChI is InChI=1S/C22H16F2N2O2/c23-18-11-10-16(12-19(18)24)25-21(27)20(14-6-2-1-3-7-14)26-13-15-8-4-5-9-17(15)22(26)28/h1-12,20H,13H2,(H,25,27)/t20-/m0/s1. The molecule has 1 atom stereocenters. The third-order valence-corrected chi connectivity index (χ3v) is 4.71. The van der Waals surface area contributed by atoms with Gasteiger partial charge in [0.1, 0.15) is 6.04 Å². The highest BCUT2D eigenvalue weighted by Crippen LogP contribution is 2.32. The quantitative estimate of drug-likeness (QED) is 0.736. The average molecular weight is 378 g/mol. The van der Waals surface area contributed by atoms with Gasteiger partial charge in [-0.25, -0.2) is 8.78 Å². The van der Waals surface area contributed by atoms with Gasteiger partial charge in [0, 0.05) is 23.9 Å². The fraction of sp³-hybridized carbons (Fsp3) is 0.0909. The van der Waals surface area contributed by atoms with Crippen LogP contribution in [0.2, 0.25) is 0 Å². The minimum absolute atomic E-state index is 0.119. The molecule has 2 amide bonds. The number of benzene rings is 3. The summed E-state index contributed by atoms with van der Waals surface area (Å²) in [4.78, 5) is 27.5. The summed E-state index contributed by atoms with van der Waals surface area (Å²) >= 11 is 0. The van der Waals surface area contributed by atoms with E-state index in [-0.39, 0.29) is 11.6 Å². The average Bonchev–Trinajstić information content (AvgIpc) is 3.02. The second kappa shape index (κ2) is 7.23. The summed E-state index contributed by atoms with van der Waals surface area (Å²) < 4.78 is 26.7. The Kier molecular flexibility index (Phi) is 4.61. The molecule has 0 unspecified atom stereocenters. The van der Waals surface area contributed by atoms with E-state index in [1.165, 1.54) is 11.0 Å². The molecule has 0 radical (unpaired) electrons. The molecule has 4 nitrogen and oxygen atoms in total. The first-order chi connectivity index (χ1) is 13.5. The molecule has 1 aliphatic heterocycles. The normalized spacial score (nSPS) is 13.9. The Labute approximate surface area is 160 Å². The van der Waals surface area contributed by atoms with Gasteiger partial charge in [-0.15, -0.1) is 0 Å². The van der Waals surface area contributed by atoms with E-state index in [9.17, 15) is 18.4 Å². The van der Waals surface area contributed by atoms with E-state index >= 15 is 0 Å². The van der Waals surface area contributed by atoms with E-state index in [0.29, 0.717) is 17.7 Å². The van der Waals surface area contributed by atoms with Crippen molar-refractivity contribution in [2.45, 2.75) is 12.6 Å². The van der Waals surface area contributed by atoms with Crippen LogP contribution in [0, 0.1) is 11.6 Å². The molecular weight excluding hydrogens is 362 g/mol. The van der Waals surface area contributed by atoms with E-state index in [1.807, 2.05) is 18.2 Å². The molecule has 0 aliphatic carbocycles. The van der Waals surface area contributed by atoms with Crippen LogP contribution in [-0.4, -0.2) is 16.7 Å². The highest BCUT2D eigenvalue weighted by atomic mass is 19.2. The van der Waals surface area contributed by atoms with Crippen molar-refractivity contribution in [3.8, 4) is 0 Å². The van der Waals surface area contributed by atoms with Crippen molar-refractivity contribution in [1.29, 1.82) is 0 Å². The van der Waals surface area contributed by atoms with Gasteiger partial charge in [0.25, 0.3) is 11.8 Å². The van der Waals surface area contributed by atoms with Crippen LogP contribution in [0.5, 0.6) is 0 Å². The van der Waals surface area contributed by atoms with Crippen molar-refractivity contribution in [3.63, 3.8) is 0 Å². The van der Waals surface area contributed by atoms with Crippen LogP contribution in [0.4, 0.5) is 14.5 Å². The maximum Gasteiger partial charge on any atom is 0.255 e. The van der Waals surface area contributed by atoms with Gasteiger partial charge >= 0.3 is 0 Å². The molecule has 1 N–H and O–H groups in total. The van der Waals surface area contributed by atoms with Crippen molar-refractivity contribution in [2.75, 3.05) is 5.32 Å². The number of amides is 2. The second-order valence-corrected chi connectivity index (χ2v) is 6.52. The molecule has 0 aromatic heterocycles. The van der Waals surface area contributed by atoms with Crippen LogP contribution >= 0.6 is 0 Å². The molecule has 4 rings (SSSR count). The lowest BCUT2D eigenvalue weighted by Crippen LogP contribution is -2.37. The number of nitrogens with one attached hydrogen (secondary N) is 1. The predicted molar refractivity (Wildman–Crippen MR) is 100 cm³/mol. The molecule has 0 fully saturated rings. The first-order valence-electron chi connectivity index (χ1n) is 8.74. The number of anilines is 1. The molecule has 0 bridgehead atoms. The Balaban J connectivity index is 1.68. The monoisotopic (exact) mass is 378 g/mol. The van der Waals surface area contributed by atoms with E-state index in [2.05, 4.69) is 5.32 Å². The van der Waals surface area contributed by atoms with Gasteiger partial charge in [-0.05, 0) is 29.3 Å². The topological polar surface area (TPSA) is 49.4 Å². The van der Waals surface area contributed by atoms with Crippen molar-refractivity contribution >= 4 is 17.5 Å². The number of fused-ring (bicyclic) bond motifs is 1. The summed E-state index contributed by atoms with van der Waals surface area (Å²) in [5.41, 5.74) is 2.15. The van der Waals surface area contributed by atoms with Gasteiger partial charge in [0.05, 0.1) is 0 Å². The fourth-order valence-electron chi connectivity index (χ4n) is 3.38. The first-order valence-corrected chi connectivity index (χ1v) is 8.74. The van der Waals surface area contributed by atoms with Gasteiger partial charge in [-0.2, -0.15) is 0 Å². The van der Waals surface area contributed by atoms with Crippen molar-refractivity contribution in [1.82, 2.24) is 4.90 Å². The Morgan fingerprint density at radius 1 is 0.929 bits per heavy atom. The van der Waals surface area contributed by atoms with Gasteiger partial charge in [-0.3, -0.25) is 9.59 Å². The van der Waals surface area contributed by atoms with E-state index in [1.54, 1.807) is 36.4 Å². The molecule has 3 aromatic carbocycles. The first kappa shape index (κ1) is 17.9. The van der Waals surface area contributed by atoms with Gasteiger partial charge in [0.15, 0.2) is 11.6 Å². The molecule has 0 saturated carbocycles. The van der Waals surface area contributed by atoms with Crippen LogP contribution < -0.4 is 5.32 Å². The van der Waals surface area contributed by atoms with Crippen LogP contribution in [0.1, 0.15) is 27.5 Å². The third kappa shape index (κ3) is 3.24. The second-order valence-electron chi connectivity index (χ2n) is 6.52.